The predicted molar refractivity (Wildman–Crippen MR) is 81.4 cm³/mol. The summed E-state index contributed by atoms with van der Waals surface area (Å²) >= 11 is 0. The lowest BCUT2D eigenvalue weighted by molar-refractivity contribution is -0.139. The maximum atomic E-state index is 12.3. The Labute approximate surface area is 129 Å². The van der Waals surface area contributed by atoms with Gasteiger partial charge in [0.15, 0.2) is 6.04 Å². The van der Waals surface area contributed by atoms with Gasteiger partial charge in [-0.3, -0.25) is 14.2 Å². The minimum absolute atomic E-state index is 0.0730. The second-order valence-corrected chi connectivity index (χ2v) is 6.40. The van der Waals surface area contributed by atoms with Crippen LogP contribution < -0.4 is 4.90 Å². The molecule has 0 saturated carbocycles. The Morgan fingerprint density at radius 3 is 2.32 bits per heavy atom. The second-order valence-electron chi connectivity index (χ2n) is 4.90. The van der Waals surface area contributed by atoms with Gasteiger partial charge in [0.2, 0.25) is 5.91 Å². The molecule has 0 aliphatic heterocycles. The fourth-order valence-corrected chi connectivity index (χ4v) is 2.79. The smallest absolute Gasteiger partial charge is 0.327 e. The third-order valence-electron chi connectivity index (χ3n) is 3.07. The zero-order valence-corrected chi connectivity index (χ0v) is 13.2. The third kappa shape index (κ3) is 4.81. The lowest BCUT2D eigenvalue weighted by atomic mass is 10.1. The molecular formula is C14H19NO6S. The van der Waals surface area contributed by atoms with Gasteiger partial charge in [-0.2, -0.15) is 8.42 Å². The van der Waals surface area contributed by atoms with E-state index in [1.54, 1.807) is 38.1 Å². The molecule has 0 aliphatic rings. The molecule has 0 bridgehead atoms. The first-order chi connectivity index (χ1) is 10.2. The molecule has 1 aromatic rings. The largest absolute Gasteiger partial charge is 0.480 e. The van der Waals surface area contributed by atoms with Gasteiger partial charge in [-0.15, -0.1) is 0 Å². The summed E-state index contributed by atoms with van der Waals surface area (Å²) in [6, 6.07) is 4.90. The van der Waals surface area contributed by atoms with Crippen molar-refractivity contribution in [3.05, 3.63) is 29.8 Å². The number of rotatable bonds is 7. The highest BCUT2D eigenvalue weighted by Gasteiger charge is 2.34. The Balaban J connectivity index is 3.38. The van der Waals surface area contributed by atoms with Crippen LogP contribution in [0.4, 0.5) is 5.69 Å². The highest BCUT2D eigenvalue weighted by atomic mass is 32.2. The number of nitrogens with zero attached hydrogens (tertiary/aromatic N) is 1. The van der Waals surface area contributed by atoms with Crippen molar-refractivity contribution in [3.8, 4) is 0 Å². The van der Waals surface area contributed by atoms with Gasteiger partial charge < -0.3 is 5.11 Å². The number of carbonyl (C=O) groups excluding carboxylic acids is 1. The Bertz CT molecular complexity index is 655. The van der Waals surface area contributed by atoms with Crippen molar-refractivity contribution >= 4 is 27.7 Å². The predicted octanol–water partition coefficient (Wildman–Crippen LogP) is 1.47. The highest BCUT2D eigenvalue weighted by Crippen LogP contribution is 2.24. The Morgan fingerprint density at radius 1 is 1.27 bits per heavy atom. The first-order valence-electron chi connectivity index (χ1n) is 6.73. The van der Waals surface area contributed by atoms with E-state index in [0.717, 1.165) is 4.90 Å². The van der Waals surface area contributed by atoms with E-state index in [4.69, 9.17) is 4.55 Å². The molecule has 1 amide bonds. The number of aliphatic carboxylic acids is 1. The van der Waals surface area contributed by atoms with E-state index in [2.05, 4.69) is 0 Å². The van der Waals surface area contributed by atoms with Crippen LogP contribution in [0.2, 0.25) is 0 Å². The summed E-state index contributed by atoms with van der Waals surface area (Å²) < 4.78 is 31.2. The number of hydrogen-bond donors (Lipinski definition) is 2. The van der Waals surface area contributed by atoms with E-state index >= 15 is 0 Å². The fourth-order valence-electron chi connectivity index (χ4n) is 2.10. The van der Waals surface area contributed by atoms with Crippen LogP contribution in [-0.4, -0.2) is 41.7 Å². The summed E-state index contributed by atoms with van der Waals surface area (Å²) in [6.45, 7) is 3.44. The van der Waals surface area contributed by atoms with Crippen LogP contribution in [0.1, 0.15) is 25.3 Å². The van der Waals surface area contributed by atoms with E-state index in [1.165, 1.54) is 0 Å². The van der Waals surface area contributed by atoms with Crippen molar-refractivity contribution in [2.75, 3.05) is 10.7 Å². The highest BCUT2D eigenvalue weighted by molar-refractivity contribution is 7.85. The molecule has 0 heterocycles. The average Bonchev–Trinajstić information content (AvgIpc) is 2.39. The first kappa shape index (κ1) is 18.1. The monoisotopic (exact) mass is 329 g/mol. The summed E-state index contributed by atoms with van der Waals surface area (Å²) in [7, 11) is -4.56. The molecule has 0 aliphatic carbocycles. The third-order valence-corrected chi connectivity index (χ3v) is 3.81. The molecule has 7 nitrogen and oxygen atoms in total. The van der Waals surface area contributed by atoms with Gasteiger partial charge >= 0.3 is 5.97 Å². The molecule has 1 aromatic carbocycles. The molecule has 0 saturated heterocycles. The first-order valence-corrected chi connectivity index (χ1v) is 8.34. The quantitative estimate of drug-likeness (QED) is 0.733. The topological polar surface area (TPSA) is 112 Å². The minimum Gasteiger partial charge on any atom is -0.480 e. The molecule has 0 spiro atoms. The van der Waals surface area contributed by atoms with Gasteiger partial charge in [0.05, 0.1) is 0 Å². The minimum atomic E-state index is -4.56. The molecule has 22 heavy (non-hydrogen) atoms. The molecule has 2 N–H and O–H groups in total. The van der Waals surface area contributed by atoms with E-state index in [9.17, 15) is 23.1 Å². The van der Waals surface area contributed by atoms with Crippen molar-refractivity contribution in [1.82, 2.24) is 0 Å². The van der Waals surface area contributed by atoms with Crippen LogP contribution in [0.25, 0.3) is 0 Å². The van der Waals surface area contributed by atoms with Crippen LogP contribution >= 0.6 is 0 Å². The van der Waals surface area contributed by atoms with Crippen LogP contribution in [0.5, 0.6) is 0 Å². The number of para-hydroxylation sites is 1. The van der Waals surface area contributed by atoms with Crippen molar-refractivity contribution in [2.45, 2.75) is 32.7 Å². The SMILES string of the molecule is CCCC(=O)N(c1ccccc1C)[C@@H](CS(=O)(=O)O)C(=O)O. The van der Waals surface area contributed by atoms with Crippen LogP contribution in [0.3, 0.4) is 0 Å². The molecule has 8 heteroatoms. The molecule has 1 rings (SSSR count). The standard InChI is InChI=1S/C14H19NO6S/c1-3-6-13(16)15(11-8-5-4-7-10(11)2)12(14(17)18)9-22(19,20)21/h4-5,7-8,12H,3,6,9H2,1-2H3,(H,17,18)(H,19,20,21)/t12-/m0/s1. The number of amides is 1. The molecule has 1 atom stereocenters. The summed E-state index contributed by atoms with van der Waals surface area (Å²) in [5, 5.41) is 9.31. The Kier molecular flexibility index (Phi) is 6.07. The average molecular weight is 329 g/mol. The van der Waals surface area contributed by atoms with Gasteiger partial charge in [0.1, 0.15) is 5.75 Å². The second kappa shape index (κ2) is 7.37. The molecule has 0 unspecified atom stereocenters. The van der Waals surface area contributed by atoms with Crippen molar-refractivity contribution in [3.63, 3.8) is 0 Å². The lowest BCUT2D eigenvalue weighted by Crippen LogP contribution is -2.49. The van der Waals surface area contributed by atoms with E-state index in [0.29, 0.717) is 17.7 Å². The van der Waals surface area contributed by atoms with Gasteiger partial charge in [-0.25, -0.2) is 4.79 Å². The Hall–Kier alpha value is -1.93. The summed E-state index contributed by atoms with van der Waals surface area (Å²) in [5.74, 6) is -3.07. The lowest BCUT2D eigenvalue weighted by Gasteiger charge is -2.29. The summed E-state index contributed by atoms with van der Waals surface area (Å²) in [4.78, 5) is 24.7. The van der Waals surface area contributed by atoms with Crippen molar-refractivity contribution < 1.29 is 27.7 Å². The van der Waals surface area contributed by atoms with Crippen molar-refractivity contribution in [2.24, 2.45) is 0 Å². The van der Waals surface area contributed by atoms with Crippen LogP contribution in [-0.2, 0) is 19.7 Å². The van der Waals surface area contributed by atoms with Crippen LogP contribution in [0, 0.1) is 6.92 Å². The Morgan fingerprint density at radius 2 is 1.86 bits per heavy atom. The van der Waals surface area contributed by atoms with E-state index < -0.39 is 33.8 Å². The fraction of sp³-hybridized carbons (Fsp3) is 0.429. The van der Waals surface area contributed by atoms with Gasteiger partial charge in [-0.05, 0) is 25.0 Å². The molecule has 0 fully saturated rings. The number of carboxylic acids is 1. The summed E-state index contributed by atoms with van der Waals surface area (Å²) in [5.41, 5.74) is 0.950. The number of carboxylic acid groups (broad SMARTS) is 1. The van der Waals surface area contributed by atoms with E-state index in [-0.39, 0.29) is 6.42 Å². The maximum Gasteiger partial charge on any atom is 0.327 e. The zero-order valence-electron chi connectivity index (χ0n) is 12.4. The number of benzene rings is 1. The van der Waals surface area contributed by atoms with Gasteiger partial charge in [0, 0.05) is 12.1 Å². The zero-order chi connectivity index (χ0) is 16.9. The van der Waals surface area contributed by atoms with Gasteiger partial charge in [-0.1, -0.05) is 25.1 Å². The molecule has 122 valence electrons. The normalized spacial score (nSPS) is 12.7. The number of hydrogen-bond acceptors (Lipinski definition) is 4. The summed E-state index contributed by atoms with van der Waals surface area (Å²) in [6.07, 6.45) is 0.559. The van der Waals surface area contributed by atoms with Gasteiger partial charge in [0.25, 0.3) is 10.1 Å². The molecule has 0 aromatic heterocycles. The van der Waals surface area contributed by atoms with Crippen molar-refractivity contribution in [1.29, 1.82) is 0 Å². The number of aryl methyl sites for hydroxylation is 1. The number of anilines is 1. The van der Waals surface area contributed by atoms with Crippen LogP contribution in [0.15, 0.2) is 24.3 Å². The number of carbonyl (C=O) groups is 2. The van der Waals surface area contributed by atoms with E-state index in [1.807, 2.05) is 0 Å². The maximum absolute atomic E-state index is 12.3. The molecule has 0 radical (unpaired) electrons. The molecular weight excluding hydrogens is 310 g/mol.